The van der Waals surface area contributed by atoms with E-state index in [1.807, 2.05) is 12.3 Å². The van der Waals surface area contributed by atoms with E-state index in [0.717, 1.165) is 18.5 Å². The van der Waals surface area contributed by atoms with Gasteiger partial charge in [-0.05, 0) is 25.0 Å². The van der Waals surface area contributed by atoms with Crippen molar-refractivity contribution in [2.45, 2.75) is 77.7 Å². The van der Waals surface area contributed by atoms with Gasteiger partial charge in [-0.25, -0.2) is 0 Å². The van der Waals surface area contributed by atoms with Crippen LogP contribution in [-0.4, -0.2) is 11.0 Å². The highest BCUT2D eigenvalue weighted by molar-refractivity contribution is 5.18. The maximum Gasteiger partial charge on any atom is 0.0448 e. The van der Waals surface area contributed by atoms with Crippen LogP contribution >= 0.6 is 0 Å². The van der Waals surface area contributed by atoms with Gasteiger partial charge in [0.25, 0.3) is 0 Å². The molecule has 19 heavy (non-hydrogen) atoms. The number of nitrogens with two attached hydrogens (primary N) is 1. The van der Waals surface area contributed by atoms with Gasteiger partial charge in [-0.15, -0.1) is 0 Å². The summed E-state index contributed by atoms with van der Waals surface area (Å²) in [6, 6.07) is 4.37. The van der Waals surface area contributed by atoms with E-state index in [1.165, 1.54) is 50.5 Å². The van der Waals surface area contributed by atoms with Crippen LogP contribution in [0.25, 0.3) is 0 Å². The predicted molar refractivity (Wildman–Crippen MR) is 83.3 cm³/mol. The van der Waals surface area contributed by atoms with E-state index < -0.39 is 0 Å². The normalized spacial score (nSPS) is 12.6. The van der Waals surface area contributed by atoms with Gasteiger partial charge in [0.05, 0.1) is 0 Å². The Morgan fingerprint density at radius 3 is 2.47 bits per heavy atom. The third-order valence-corrected chi connectivity index (χ3v) is 3.75. The Morgan fingerprint density at radius 2 is 1.79 bits per heavy atom. The summed E-state index contributed by atoms with van der Waals surface area (Å²) in [7, 11) is 0. The summed E-state index contributed by atoms with van der Waals surface area (Å²) < 4.78 is 0. The number of aromatic nitrogens is 1. The van der Waals surface area contributed by atoms with Crippen molar-refractivity contribution in [1.82, 2.24) is 4.98 Å². The minimum Gasteiger partial charge on any atom is -0.327 e. The zero-order valence-corrected chi connectivity index (χ0v) is 12.7. The molecule has 0 amide bonds. The number of pyridine rings is 1. The fourth-order valence-electron chi connectivity index (χ4n) is 2.45. The highest BCUT2D eigenvalue weighted by Gasteiger charge is 2.06. The van der Waals surface area contributed by atoms with E-state index >= 15 is 0 Å². The molecule has 1 atom stereocenters. The second-order valence-corrected chi connectivity index (χ2v) is 5.64. The molecule has 0 aliphatic heterocycles. The highest BCUT2D eigenvalue weighted by atomic mass is 14.7. The lowest BCUT2D eigenvalue weighted by molar-refractivity contribution is 0.525. The first-order chi connectivity index (χ1) is 9.24. The maximum atomic E-state index is 6.20. The van der Waals surface area contributed by atoms with Gasteiger partial charge in [0, 0.05) is 24.4 Å². The second kappa shape index (κ2) is 9.96. The van der Waals surface area contributed by atoms with E-state index in [0.29, 0.717) is 0 Å². The predicted octanol–water partition coefficient (Wildman–Crippen LogP) is 4.40. The summed E-state index contributed by atoms with van der Waals surface area (Å²) in [5, 5.41) is 0. The van der Waals surface area contributed by atoms with E-state index in [-0.39, 0.29) is 6.04 Å². The molecule has 0 spiro atoms. The summed E-state index contributed by atoms with van der Waals surface area (Å²) in [6.45, 7) is 4.38. The van der Waals surface area contributed by atoms with Crippen LogP contribution in [0.1, 0.15) is 69.5 Å². The van der Waals surface area contributed by atoms with Gasteiger partial charge in [-0.3, -0.25) is 4.98 Å². The molecule has 2 N–H and O–H groups in total. The molecule has 1 heterocycles. The number of unbranched alkanes of at least 4 members (excludes halogenated alkanes) is 6. The molecule has 0 fully saturated rings. The average Bonchev–Trinajstić information content (AvgIpc) is 2.40. The molecule has 0 aliphatic carbocycles. The Hall–Kier alpha value is -0.890. The molecule has 108 valence electrons. The number of nitrogens with zero attached hydrogens (tertiary/aromatic N) is 1. The lowest BCUT2D eigenvalue weighted by Gasteiger charge is -2.12. The molecule has 1 rings (SSSR count). The third kappa shape index (κ3) is 7.31. The SMILES string of the molecule is CCCCCCCCCC(N)Cc1ncccc1C. The van der Waals surface area contributed by atoms with Crippen LogP contribution < -0.4 is 5.73 Å². The van der Waals surface area contributed by atoms with Gasteiger partial charge in [0.2, 0.25) is 0 Å². The van der Waals surface area contributed by atoms with E-state index in [9.17, 15) is 0 Å². The van der Waals surface area contributed by atoms with Crippen LogP contribution in [-0.2, 0) is 6.42 Å². The lowest BCUT2D eigenvalue weighted by Crippen LogP contribution is -2.23. The summed E-state index contributed by atoms with van der Waals surface area (Å²) in [6.07, 6.45) is 13.4. The number of rotatable bonds is 10. The molecule has 0 radical (unpaired) electrons. The van der Waals surface area contributed by atoms with E-state index in [4.69, 9.17) is 5.73 Å². The van der Waals surface area contributed by atoms with Crippen LogP contribution in [0.4, 0.5) is 0 Å². The van der Waals surface area contributed by atoms with Gasteiger partial charge in [0.15, 0.2) is 0 Å². The monoisotopic (exact) mass is 262 g/mol. The molecule has 1 unspecified atom stereocenters. The smallest absolute Gasteiger partial charge is 0.0448 e. The maximum absolute atomic E-state index is 6.20. The van der Waals surface area contributed by atoms with Crippen LogP contribution in [0.3, 0.4) is 0 Å². The number of hydrogen-bond acceptors (Lipinski definition) is 2. The summed E-state index contributed by atoms with van der Waals surface area (Å²) >= 11 is 0. The van der Waals surface area contributed by atoms with Crippen LogP contribution in [0.2, 0.25) is 0 Å². The summed E-state index contributed by atoms with van der Waals surface area (Å²) in [5.41, 5.74) is 8.62. The fraction of sp³-hybridized carbons (Fsp3) is 0.706. The van der Waals surface area contributed by atoms with Crippen molar-refractivity contribution in [1.29, 1.82) is 0 Å². The van der Waals surface area contributed by atoms with Crippen molar-refractivity contribution < 1.29 is 0 Å². The van der Waals surface area contributed by atoms with Crippen LogP contribution in [0.15, 0.2) is 18.3 Å². The number of aryl methyl sites for hydroxylation is 1. The molecule has 2 heteroatoms. The van der Waals surface area contributed by atoms with E-state index in [1.54, 1.807) is 0 Å². The molecule has 0 saturated heterocycles. The molecule has 1 aromatic heterocycles. The van der Waals surface area contributed by atoms with Gasteiger partial charge in [0.1, 0.15) is 0 Å². The largest absolute Gasteiger partial charge is 0.327 e. The lowest BCUT2D eigenvalue weighted by atomic mass is 10.0. The minimum absolute atomic E-state index is 0.268. The van der Waals surface area contributed by atoms with Gasteiger partial charge >= 0.3 is 0 Å². The highest BCUT2D eigenvalue weighted by Crippen LogP contribution is 2.12. The van der Waals surface area contributed by atoms with Gasteiger partial charge in [-0.1, -0.05) is 57.9 Å². The quantitative estimate of drug-likeness (QED) is 0.635. The van der Waals surface area contributed by atoms with Crippen molar-refractivity contribution >= 4 is 0 Å². The topological polar surface area (TPSA) is 38.9 Å². The first-order valence-corrected chi connectivity index (χ1v) is 7.90. The van der Waals surface area contributed by atoms with Crippen molar-refractivity contribution in [2.24, 2.45) is 5.73 Å². The Balaban J connectivity index is 2.08. The molecule has 0 aromatic carbocycles. The Morgan fingerprint density at radius 1 is 1.11 bits per heavy atom. The van der Waals surface area contributed by atoms with Crippen LogP contribution in [0, 0.1) is 6.92 Å². The molecule has 2 nitrogen and oxygen atoms in total. The number of hydrogen-bond donors (Lipinski definition) is 1. The van der Waals surface area contributed by atoms with Gasteiger partial charge < -0.3 is 5.73 Å². The Bertz CT molecular complexity index is 336. The first kappa shape index (κ1) is 16.2. The summed E-state index contributed by atoms with van der Waals surface area (Å²) in [4.78, 5) is 4.42. The molecule has 0 bridgehead atoms. The van der Waals surface area contributed by atoms with Crippen molar-refractivity contribution in [3.05, 3.63) is 29.6 Å². The molecular formula is C17H30N2. The minimum atomic E-state index is 0.268. The zero-order chi connectivity index (χ0) is 13.9. The Labute approximate surface area is 118 Å². The second-order valence-electron chi connectivity index (χ2n) is 5.64. The fourth-order valence-corrected chi connectivity index (χ4v) is 2.45. The Kier molecular flexibility index (Phi) is 8.48. The van der Waals surface area contributed by atoms with Crippen molar-refractivity contribution in [2.75, 3.05) is 0 Å². The van der Waals surface area contributed by atoms with Gasteiger partial charge in [-0.2, -0.15) is 0 Å². The molecular weight excluding hydrogens is 232 g/mol. The summed E-state index contributed by atoms with van der Waals surface area (Å²) in [5.74, 6) is 0. The van der Waals surface area contributed by atoms with Crippen molar-refractivity contribution in [3.8, 4) is 0 Å². The van der Waals surface area contributed by atoms with Crippen LogP contribution in [0.5, 0.6) is 0 Å². The molecule has 0 aliphatic rings. The first-order valence-electron chi connectivity index (χ1n) is 7.90. The van der Waals surface area contributed by atoms with Crippen molar-refractivity contribution in [3.63, 3.8) is 0 Å². The third-order valence-electron chi connectivity index (χ3n) is 3.75. The van der Waals surface area contributed by atoms with E-state index in [2.05, 4.69) is 24.9 Å². The molecule has 1 aromatic rings. The standard InChI is InChI=1S/C17H30N2/c1-3-4-5-6-7-8-9-12-16(18)14-17-15(2)11-10-13-19-17/h10-11,13,16H,3-9,12,14,18H2,1-2H3. The molecule has 0 saturated carbocycles. The zero-order valence-electron chi connectivity index (χ0n) is 12.7. The average molecular weight is 262 g/mol.